The van der Waals surface area contributed by atoms with E-state index in [1.165, 1.54) is 0 Å². The molecule has 0 saturated heterocycles. The van der Waals surface area contributed by atoms with Crippen molar-refractivity contribution in [3.8, 4) is 5.75 Å². The van der Waals surface area contributed by atoms with Gasteiger partial charge >= 0.3 is 0 Å². The highest BCUT2D eigenvalue weighted by atomic mass is 32.2. The van der Waals surface area contributed by atoms with Crippen LogP contribution in [0.3, 0.4) is 0 Å². The van der Waals surface area contributed by atoms with Gasteiger partial charge in [0, 0.05) is 6.54 Å². The van der Waals surface area contributed by atoms with E-state index in [2.05, 4.69) is 14.4 Å². The van der Waals surface area contributed by atoms with Gasteiger partial charge in [-0.2, -0.15) is 4.40 Å². The summed E-state index contributed by atoms with van der Waals surface area (Å²) in [6.07, 6.45) is 0. The minimum Gasteiger partial charge on any atom is -0.492 e. The summed E-state index contributed by atoms with van der Waals surface area (Å²) >= 11 is -1.60. The van der Waals surface area contributed by atoms with Crippen LogP contribution in [0.25, 0.3) is 0 Å². The highest BCUT2D eigenvalue weighted by Gasteiger charge is 2.29. The van der Waals surface area contributed by atoms with Gasteiger partial charge in [0.15, 0.2) is 0 Å². The molecule has 0 radical (unpaired) electrons. The summed E-state index contributed by atoms with van der Waals surface area (Å²) in [5.41, 5.74) is 7.35. The molecule has 1 aliphatic rings. The van der Waals surface area contributed by atoms with Crippen LogP contribution in [0.15, 0.2) is 52.9 Å². The first-order valence-corrected chi connectivity index (χ1v) is 10.7. The van der Waals surface area contributed by atoms with E-state index in [9.17, 15) is 9.00 Å². The average Bonchev–Trinajstić information content (AvgIpc) is 2.72. The SMILES string of the molecule is CC(C)(COc1cccc2c1C(N)=NS(=O)N2)C(=O)NCCOCc1ccccc1. The van der Waals surface area contributed by atoms with E-state index in [1.54, 1.807) is 32.0 Å². The Morgan fingerprint density at radius 3 is 2.73 bits per heavy atom. The minimum absolute atomic E-state index is 0.135. The molecule has 0 aromatic heterocycles. The molecule has 30 heavy (non-hydrogen) atoms. The zero-order chi connectivity index (χ0) is 21.6. The van der Waals surface area contributed by atoms with E-state index in [0.29, 0.717) is 36.8 Å². The molecule has 4 N–H and O–H groups in total. The van der Waals surface area contributed by atoms with Gasteiger partial charge in [-0.25, -0.2) is 4.21 Å². The first kappa shape index (κ1) is 21.8. The van der Waals surface area contributed by atoms with Gasteiger partial charge in [-0.3, -0.25) is 9.52 Å². The topological polar surface area (TPSA) is 115 Å². The van der Waals surface area contributed by atoms with Crippen LogP contribution in [-0.2, 0) is 27.3 Å². The fourth-order valence-electron chi connectivity index (χ4n) is 2.82. The Labute approximate surface area is 178 Å². The molecular weight excluding hydrogens is 404 g/mol. The number of amides is 1. The summed E-state index contributed by atoms with van der Waals surface area (Å²) in [5.74, 6) is 0.469. The third kappa shape index (κ3) is 5.58. The molecule has 0 fully saturated rings. The van der Waals surface area contributed by atoms with Crippen LogP contribution in [0, 0.1) is 5.41 Å². The van der Waals surface area contributed by atoms with Crippen molar-refractivity contribution in [1.29, 1.82) is 0 Å². The Morgan fingerprint density at radius 1 is 1.20 bits per heavy atom. The predicted octanol–water partition coefficient (Wildman–Crippen LogP) is 2.13. The van der Waals surface area contributed by atoms with E-state index in [1.807, 2.05) is 30.3 Å². The molecule has 0 spiro atoms. The van der Waals surface area contributed by atoms with Gasteiger partial charge in [-0.1, -0.05) is 36.4 Å². The number of ether oxygens (including phenoxy) is 2. The van der Waals surface area contributed by atoms with Crippen LogP contribution < -0.4 is 20.5 Å². The van der Waals surface area contributed by atoms with Gasteiger partial charge in [0.2, 0.25) is 17.1 Å². The van der Waals surface area contributed by atoms with Crippen LogP contribution in [-0.4, -0.2) is 35.7 Å². The molecule has 9 heteroatoms. The lowest BCUT2D eigenvalue weighted by molar-refractivity contribution is -0.131. The van der Waals surface area contributed by atoms with E-state index < -0.39 is 16.6 Å². The first-order chi connectivity index (χ1) is 14.4. The van der Waals surface area contributed by atoms with Crippen molar-refractivity contribution in [2.24, 2.45) is 15.5 Å². The molecule has 1 atom stereocenters. The Balaban J connectivity index is 1.48. The average molecular weight is 431 g/mol. The number of rotatable bonds is 9. The molecule has 1 heterocycles. The van der Waals surface area contributed by atoms with Crippen molar-refractivity contribution in [1.82, 2.24) is 5.32 Å². The summed E-state index contributed by atoms with van der Waals surface area (Å²) in [6.45, 7) is 5.06. The molecule has 0 aliphatic carbocycles. The van der Waals surface area contributed by atoms with Crippen molar-refractivity contribution in [3.05, 3.63) is 59.7 Å². The summed E-state index contributed by atoms with van der Waals surface area (Å²) in [6, 6.07) is 15.1. The second-order valence-electron chi connectivity index (χ2n) is 7.47. The number of nitrogens with one attached hydrogen (secondary N) is 2. The van der Waals surface area contributed by atoms with Gasteiger partial charge < -0.3 is 20.5 Å². The van der Waals surface area contributed by atoms with Crippen molar-refractivity contribution in [3.63, 3.8) is 0 Å². The number of nitrogens with two attached hydrogens (primary N) is 1. The number of fused-ring (bicyclic) bond motifs is 1. The van der Waals surface area contributed by atoms with Crippen molar-refractivity contribution >= 4 is 28.6 Å². The highest BCUT2D eigenvalue weighted by molar-refractivity contribution is 7.85. The third-order valence-electron chi connectivity index (χ3n) is 4.51. The van der Waals surface area contributed by atoms with Crippen LogP contribution in [0.4, 0.5) is 5.69 Å². The number of hydrogen-bond acceptors (Lipinski definition) is 5. The van der Waals surface area contributed by atoms with Gasteiger partial charge in [-0.15, -0.1) is 0 Å². The van der Waals surface area contributed by atoms with Gasteiger partial charge in [0.05, 0.1) is 29.9 Å². The zero-order valence-electron chi connectivity index (χ0n) is 17.0. The molecule has 8 nitrogen and oxygen atoms in total. The van der Waals surface area contributed by atoms with Gasteiger partial charge in [0.25, 0.3) is 0 Å². The lowest BCUT2D eigenvalue weighted by atomic mass is 9.93. The van der Waals surface area contributed by atoms with Crippen molar-refractivity contribution in [2.45, 2.75) is 20.5 Å². The summed E-state index contributed by atoms with van der Waals surface area (Å²) in [4.78, 5) is 12.6. The second-order valence-corrected chi connectivity index (χ2v) is 8.36. The van der Waals surface area contributed by atoms with E-state index >= 15 is 0 Å². The van der Waals surface area contributed by atoms with E-state index in [-0.39, 0.29) is 18.3 Å². The predicted molar refractivity (Wildman–Crippen MR) is 117 cm³/mol. The Bertz CT molecular complexity index is 947. The molecule has 2 aromatic rings. The number of anilines is 1. The third-order valence-corrected chi connectivity index (χ3v) is 5.26. The maximum atomic E-state index is 12.6. The number of benzene rings is 2. The highest BCUT2D eigenvalue weighted by Crippen LogP contribution is 2.30. The summed E-state index contributed by atoms with van der Waals surface area (Å²) < 4.78 is 29.6. The number of nitrogens with zero attached hydrogens (tertiary/aromatic N) is 1. The van der Waals surface area contributed by atoms with Gasteiger partial charge in [-0.05, 0) is 31.5 Å². The quantitative estimate of drug-likeness (QED) is 0.527. The largest absolute Gasteiger partial charge is 0.492 e. The fourth-order valence-corrected chi connectivity index (χ4v) is 3.49. The number of carbonyl (C=O) groups is 1. The van der Waals surface area contributed by atoms with E-state index in [0.717, 1.165) is 5.56 Å². The van der Waals surface area contributed by atoms with Gasteiger partial charge in [0.1, 0.15) is 18.2 Å². The second kappa shape index (κ2) is 9.73. The van der Waals surface area contributed by atoms with E-state index in [4.69, 9.17) is 15.2 Å². The standard InChI is InChI=1S/C21H26N4O4S/c1-21(2,20(26)23-11-12-28-13-15-7-4-3-5-8-15)14-29-17-10-6-9-16-18(17)19(22)25-30(27)24-16/h3-10,24H,11-14H2,1-2H3,(H2,22,25)(H,23,26). The normalized spacial score (nSPS) is 15.5. The van der Waals surface area contributed by atoms with Crippen LogP contribution in [0.1, 0.15) is 25.0 Å². The van der Waals surface area contributed by atoms with Crippen LogP contribution >= 0.6 is 0 Å². The number of amidine groups is 1. The smallest absolute Gasteiger partial charge is 0.245 e. The molecule has 3 rings (SSSR count). The maximum absolute atomic E-state index is 12.6. The maximum Gasteiger partial charge on any atom is 0.245 e. The lowest BCUT2D eigenvalue weighted by Gasteiger charge is -2.25. The summed E-state index contributed by atoms with van der Waals surface area (Å²) in [5, 5.41) is 2.88. The fraction of sp³-hybridized carbons (Fsp3) is 0.333. The molecule has 160 valence electrons. The van der Waals surface area contributed by atoms with Crippen LogP contribution in [0.5, 0.6) is 5.75 Å². The Morgan fingerprint density at radius 2 is 1.97 bits per heavy atom. The van der Waals surface area contributed by atoms with Crippen LogP contribution in [0.2, 0.25) is 0 Å². The molecule has 1 amide bonds. The van der Waals surface area contributed by atoms with Crippen molar-refractivity contribution in [2.75, 3.05) is 24.5 Å². The Kier molecular flexibility index (Phi) is 7.07. The lowest BCUT2D eigenvalue weighted by Crippen LogP contribution is -2.42. The van der Waals surface area contributed by atoms with Crippen molar-refractivity contribution < 1.29 is 18.5 Å². The first-order valence-electron chi connectivity index (χ1n) is 9.56. The molecule has 0 saturated carbocycles. The molecular formula is C21H26N4O4S. The zero-order valence-corrected chi connectivity index (χ0v) is 17.8. The number of carbonyl (C=O) groups excluding carboxylic acids is 1. The summed E-state index contributed by atoms with van der Waals surface area (Å²) in [7, 11) is 0. The number of hydrogen-bond donors (Lipinski definition) is 3. The molecule has 0 bridgehead atoms. The Hall–Kier alpha value is -2.91. The molecule has 1 unspecified atom stereocenters. The molecule has 1 aliphatic heterocycles. The molecule has 2 aromatic carbocycles. The minimum atomic E-state index is -1.60. The monoisotopic (exact) mass is 430 g/mol.